The maximum atomic E-state index is 12.1. The number of carbonyl (C=O) groups excluding carboxylic acids is 1. The molecule has 7 heteroatoms. The van der Waals surface area contributed by atoms with Crippen LogP contribution in [-0.4, -0.2) is 53.5 Å². The number of hydrogen-bond acceptors (Lipinski definition) is 4. The van der Waals surface area contributed by atoms with Crippen LogP contribution in [-0.2, 0) is 9.63 Å². The molecule has 1 fully saturated rings. The topological polar surface area (TPSA) is 91.2 Å². The third-order valence-corrected chi connectivity index (χ3v) is 4.42. The largest absolute Gasteiger partial charge is 0.481 e. The molecule has 2 amide bonds. The van der Waals surface area contributed by atoms with Gasteiger partial charge < -0.3 is 20.2 Å². The van der Waals surface area contributed by atoms with Gasteiger partial charge in [0.15, 0.2) is 6.10 Å². The highest BCUT2D eigenvalue weighted by molar-refractivity contribution is 6.01. The van der Waals surface area contributed by atoms with Crippen LogP contribution in [0.4, 0.5) is 4.79 Å². The van der Waals surface area contributed by atoms with E-state index in [0.29, 0.717) is 25.9 Å². The van der Waals surface area contributed by atoms with E-state index in [1.165, 1.54) is 10.5 Å². The fraction of sp³-hybridized carbons (Fsp3) is 0.471. The second kappa shape index (κ2) is 6.90. The Bertz CT molecular complexity index is 656. The van der Waals surface area contributed by atoms with Gasteiger partial charge in [0, 0.05) is 19.5 Å². The first-order valence-electron chi connectivity index (χ1n) is 8.08. The summed E-state index contributed by atoms with van der Waals surface area (Å²) in [6.07, 6.45) is 0.952. The minimum absolute atomic E-state index is 0.192. The quantitative estimate of drug-likeness (QED) is 0.877. The molecule has 0 spiro atoms. The molecule has 0 radical (unpaired) electrons. The summed E-state index contributed by atoms with van der Waals surface area (Å²) >= 11 is 0. The summed E-state index contributed by atoms with van der Waals surface area (Å²) in [5.74, 6) is -1.31. The van der Waals surface area contributed by atoms with E-state index in [0.717, 1.165) is 11.3 Å². The van der Waals surface area contributed by atoms with Gasteiger partial charge in [0.2, 0.25) is 0 Å². The highest BCUT2D eigenvalue weighted by atomic mass is 16.6. The van der Waals surface area contributed by atoms with Crippen LogP contribution in [0.5, 0.6) is 0 Å². The molecule has 24 heavy (non-hydrogen) atoms. The van der Waals surface area contributed by atoms with Crippen molar-refractivity contribution in [1.82, 2.24) is 10.2 Å². The third kappa shape index (κ3) is 3.67. The van der Waals surface area contributed by atoms with E-state index in [-0.39, 0.29) is 18.7 Å². The number of aryl methyl sites for hydroxylation is 1. The molecule has 2 unspecified atom stereocenters. The maximum absolute atomic E-state index is 12.1. The number of carbonyl (C=O) groups is 2. The average Bonchev–Trinajstić information content (AvgIpc) is 3.23. The van der Waals surface area contributed by atoms with E-state index in [9.17, 15) is 9.59 Å². The number of likely N-dealkylation sites (tertiary alicyclic amines) is 1. The summed E-state index contributed by atoms with van der Waals surface area (Å²) in [4.78, 5) is 29.9. The predicted octanol–water partition coefficient (Wildman–Crippen LogP) is 1.60. The lowest BCUT2D eigenvalue weighted by atomic mass is 10.0. The first kappa shape index (κ1) is 16.3. The Kier molecular flexibility index (Phi) is 4.69. The van der Waals surface area contributed by atoms with Crippen LogP contribution < -0.4 is 5.32 Å². The van der Waals surface area contributed by atoms with Crippen molar-refractivity contribution in [2.45, 2.75) is 25.9 Å². The highest BCUT2D eigenvalue weighted by Crippen LogP contribution is 2.18. The van der Waals surface area contributed by atoms with Crippen molar-refractivity contribution in [1.29, 1.82) is 0 Å². The van der Waals surface area contributed by atoms with Gasteiger partial charge in [-0.1, -0.05) is 35.0 Å². The minimum Gasteiger partial charge on any atom is -0.481 e. The molecule has 0 saturated carbocycles. The summed E-state index contributed by atoms with van der Waals surface area (Å²) < 4.78 is 0. The first-order chi connectivity index (χ1) is 11.5. The Morgan fingerprint density at radius 3 is 2.79 bits per heavy atom. The van der Waals surface area contributed by atoms with E-state index in [4.69, 9.17) is 9.94 Å². The van der Waals surface area contributed by atoms with Gasteiger partial charge in [0.25, 0.3) is 0 Å². The molecular formula is C17H21N3O4. The molecule has 2 N–H and O–H groups in total. The number of benzene rings is 1. The molecule has 2 aliphatic rings. The molecule has 2 atom stereocenters. The number of carboxylic acids is 1. The number of oxime groups is 1. The number of hydrogen-bond donors (Lipinski definition) is 2. The van der Waals surface area contributed by atoms with E-state index >= 15 is 0 Å². The Morgan fingerprint density at radius 2 is 2.12 bits per heavy atom. The lowest BCUT2D eigenvalue weighted by molar-refractivity contribution is -0.141. The van der Waals surface area contributed by atoms with Gasteiger partial charge in [-0.3, -0.25) is 4.79 Å². The zero-order chi connectivity index (χ0) is 17.1. The van der Waals surface area contributed by atoms with Crippen molar-refractivity contribution in [2.24, 2.45) is 11.1 Å². The zero-order valence-electron chi connectivity index (χ0n) is 13.6. The van der Waals surface area contributed by atoms with Gasteiger partial charge in [-0.15, -0.1) is 0 Å². The number of amides is 2. The summed E-state index contributed by atoms with van der Waals surface area (Å²) in [5.41, 5.74) is 3.09. The number of carboxylic acid groups (broad SMARTS) is 1. The number of nitrogens with zero attached hydrogens (tertiary/aromatic N) is 2. The molecule has 7 nitrogen and oxygen atoms in total. The lowest BCUT2D eigenvalue weighted by Gasteiger charge is -2.18. The SMILES string of the molecule is Cc1ccc(C2=NOC(CNC(=O)N3CCC(C(=O)O)C3)C2)cc1. The monoisotopic (exact) mass is 331 g/mol. The molecule has 2 aliphatic heterocycles. The van der Waals surface area contributed by atoms with Crippen molar-refractivity contribution in [3.63, 3.8) is 0 Å². The molecule has 2 heterocycles. The van der Waals surface area contributed by atoms with Crippen LogP contribution in [0.25, 0.3) is 0 Å². The van der Waals surface area contributed by atoms with E-state index < -0.39 is 11.9 Å². The van der Waals surface area contributed by atoms with Crippen LogP contribution >= 0.6 is 0 Å². The summed E-state index contributed by atoms with van der Waals surface area (Å²) in [5, 5.41) is 15.9. The summed E-state index contributed by atoms with van der Waals surface area (Å²) in [6.45, 7) is 3.12. The van der Waals surface area contributed by atoms with E-state index in [2.05, 4.69) is 10.5 Å². The van der Waals surface area contributed by atoms with Crippen LogP contribution in [0, 0.1) is 12.8 Å². The van der Waals surface area contributed by atoms with Gasteiger partial charge in [-0.2, -0.15) is 0 Å². The molecule has 3 rings (SSSR count). The second-order valence-electron chi connectivity index (χ2n) is 6.29. The van der Waals surface area contributed by atoms with Gasteiger partial charge in [-0.05, 0) is 18.9 Å². The van der Waals surface area contributed by atoms with Crippen molar-refractivity contribution in [2.75, 3.05) is 19.6 Å². The van der Waals surface area contributed by atoms with Gasteiger partial charge in [-0.25, -0.2) is 4.79 Å². The number of urea groups is 1. The fourth-order valence-electron chi connectivity index (χ4n) is 2.91. The molecular weight excluding hydrogens is 310 g/mol. The molecule has 1 aromatic rings. The molecule has 128 valence electrons. The second-order valence-corrected chi connectivity index (χ2v) is 6.29. The van der Waals surface area contributed by atoms with E-state index in [1.54, 1.807) is 0 Å². The predicted molar refractivity (Wildman–Crippen MR) is 87.9 cm³/mol. The standard InChI is InChI=1S/C17H21N3O4/c1-11-2-4-12(5-3-11)15-8-14(24-19-15)9-18-17(23)20-7-6-13(10-20)16(21)22/h2-5,13-14H,6-10H2,1H3,(H,18,23)(H,21,22). The van der Waals surface area contributed by atoms with E-state index in [1.807, 2.05) is 31.2 Å². The normalized spacial score (nSPS) is 22.9. The average molecular weight is 331 g/mol. The maximum Gasteiger partial charge on any atom is 0.317 e. The van der Waals surface area contributed by atoms with Crippen LogP contribution in [0.3, 0.4) is 0 Å². The molecule has 0 bridgehead atoms. The molecule has 0 aliphatic carbocycles. The number of rotatable bonds is 4. The van der Waals surface area contributed by atoms with Crippen LogP contribution in [0.1, 0.15) is 24.0 Å². The Hall–Kier alpha value is -2.57. The molecule has 0 aromatic heterocycles. The Morgan fingerprint density at radius 1 is 1.38 bits per heavy atom. The lowest BCUT2D eigenvalue weighted by Crippen LogP contribution is -2.42. The molecule has 1 saturated heterocycles. The van der Waals surface area contributed by atoms with Crippen molar-refractivity contribution in [3.8, 4) is 0 Å². The summed E-state index contributed by atoms with van der Waals surface area (Å²) in [6, 6.07) is 7.83. The zero-order valence-corrected chi connectivity index (χ0v) is 13.6. The number of aliphatic carboxylic acids is 1. The van der Waals surface area contributed by atoms with Crippen molar-refractivity contribution in [3.05, 3.63) is 35.4 Å². The van der Waals surface area contributed by atoms with Crippen molar-refractivity contribution >= 4 is 17.7 Å². The number of nitrogens with one attached hydrogen (secondary N) is 1. The minimum atomic E-state index is -0.847. The Balaban J connectivity index is 1.45. The summed E-state index contributed by atoms with van der Waals surface area (Å²) in [7, 11) is 0. The van der Waals surface area contributed by atoms with Crippen molar-refractivity contribution < 1.29 is 19.5 Å². The Labute approximate surface area is 140 Å². The van der Waals surface area contributed by atoms with Gasteiger partial charge in [0.1, 0.15) is 0 Å². The van der Waals surface area contributed by atoms with Gasteiger partial charge in [0.05, 0.1) is 18.2 Å². The van der Waals surface area contributed by atoms with Gasteiger partial charge >= 0.3 is 12.0 Å². The third-order valence-electron chi connectivity index (χ3n) is 4.42. The smallest absolute Gasteiger partial charge is 0.317 e. The van der Waals surface area contributed by atoms with Crippen LogP contribution in [0.15, 0.2) is 29.4 Å². The fourth-order valence-corrected chi connectivity index (χ4v) is 2.91. The first-order valence-corrected chi connectivity index (χ1v) is 8.08. The molecule has 1 aromatic carbocycles. The van der Waals surface area contributed by atoms with Crippen LogP contribution in [0.2, 0.25) is 0 Å². The highest BCUT2D eigenvalue weighted by Gasteiger charge is 2.31.